The smallest absolute Gasteiger partial charge is 0.311 e. The zero-order chi connectivity index (χ0) is 22.6. The highest BCUT2D eigenvalue weighted by Gasteiger charge is 2.58. The van der Waals surface area contributed by atoms with Crippen molar-refractivity contribution in [3.05, 3.63) is 35.6 Å². The van der Waals surface area contributed by atoms with E-state index in [1.807, 2.05) is 45.0 Å². The van der Waals surface area contributed by atoms with Gasteiger partial charge in [-0.1, -0.05) is 12.1 Å². The molecule has 170 valence electrons. The first-order valence-electron chi connectivity index (χ1n) is 10.7. The maximum absolute atomic E-state index is 12.4. The van der Waals surface area contributed by atoms with Crippen LogP contribution < -0.4 is 9.47 Å². The molecule has 0 saturated carbocycles. The summed E-state index contributed by atoms with van der Waals surface area (Å²) in [5, 5.41) is 9.26. The molecule has 31 heavy (non-hydrogen) atoms. The third kappa shape index (κ3) is 4.28. The number of aliphatic hydroxyl groups excluding tert-OH is 1. The Balaban J connectivity index is 2.03. The third-order valence-corrected chi connectivity index (χ3v) is 6.10. The highest BCUT2D eigenvalue weighted by atomic mass is 16.6. The van der Waals surface area contributed by atoms with Gasteiger partial charge in [0.05, 0.1) is 31.2 Å². The molecule has 3 rings (SSSR count). The minimum absolute atomic E-state index is 0.0572. The van der Waals surface area contributed by atoms with Crippen molar-refractivity contribution in [2.45, 2.75) is 51.6 Å². The van der Waals surface area contributed by atoms with Crippen LogP contribution in [0.5, 0.6) is 11.5 Å². The Kier molecular flexibility index (Phi) is 6.94. The molecular formula is C24H32O7. The summed E-state index contributed by atoms with van der Waals surface area (Å²) < 4.78 is 23.4. The number of para-hydroxylation sites is 1. The summed E-state index contributed by atoms with van der Waals surface area (Å²) in [5.41, 5.74) is -0.301. The van der Waals surface area contributed by atoms with Gasteiger partial charge in [-0.3, -0.25) is 4.79 Å². The summed E-state index contributed by atoms with van der Waals surface area (Å²) in [7, 11) is 1.58. The molecule has 0 fully saturated rings. The van der Waals surface area contributed by atoms with Crippen molar-refractivity contribution in [2.75, 3.05) is 26.9 Å². The van der Waals surface area contributed by atoms with Crippen molar-refractivity contribution in [3.63, 3.8) is 0 Å². The van der Waals surface area contributed by atoms with Crippen LogP contribution in [-0.4, -0.2) is 50.4 Å². The molecule has 1 heterocycles. The molecule has 1 aromatic rings. The number of ether oxygens (including phenoxy) is 4. The number of allylic oxidation sites excluding steroid dienone is 1. The average molecular weight is 433 g/mol. The van der Waals surface area contributed by atoms with Gasteiger partial charge in [-0.2, -0.15) is 0 Å². The van der Waals surface area contributed by atoms with E-state index in [2.05, 4.69) is 0 Å². The van der Waals surface area contributed by atoms with E-state index in [0.29, 0.717) is 36.5 Å². The van der Waals surface area contributed by atoms with Crippen molar-refractivity contribution >= 4 is 12.3 Å². The Morgan fingerprint density at radius 1 is 1.32 bits per heavy atom. The van der Waals surface area contributed by atoms with Crippen LogP contribution in [0, 0.1) is 11.3 Å². The number of aliphatic hydroxyl groups is 1. The molecule has 0 bridgehead atoms. The van der Waals surface area contributed by atoms with Gasteiger partial charge in [-0.05, 0) is 51.7 Å². The highest BCUT2D eigenvalue weighted by Crippen LogP contribution is 2.58. The molecule has 2 aliphatic rings. The van der Waals surface area contributed by atoms with Gasteiger partial charge in [-0.25, -0.2) is 0 Å². The van der Waals surface area contributed by atoms with E-state index in [9.17, 15) is 14.7 Å². The second-order valence-corrected chi connectivity index (χ2v) is 9.02. The molecule has 0 unspecified atom stereocenters. The minimum Gasteiger partial charge on any atom is -0.493 e. The zero-order valence-electron chi connectivity index (χ0n) is 18.7. The fraction of sp³-hybridized carbons (Fsp3) is 0.583. The fourth-order valence-corrected chi connectivity index (χ4v) is 4.57. The second-order valence-electron chi connectivity index (χ2n) is 9.02. The molecule has 0 saturated heterocycles. The number of aldehydes is 1. The van der Waals surface area contributed by atoms with Crippen molar-refractivity contribution in [1.82, 2.24) is 0 Å². The summed E-state index contributed by atoms with van der Waals surface area (Å²) >= 11 is 0. The number of hydrogen-bond acceptors (Lipinski definition) is 7. The number of hydrogen-bond donors (Lipinski definition) is 1. The van der Waals surface area contributed by atoms with E-state index in [0.717, 1.165) is 11.8 Å². The van der Waals surface area contributed by atoms with E-state index < -0.39 is 16.9 Å². The van der Waals surface area contributed by atoms with Gasteiger partial charge in [0.25, 0.3) is 0 Å². The van der Waals surface area contributed by atoms with Gasteiger partial charge in [0, 0.05) is 12.0 Å². The summed E-state index contributed by atoms with van der Waals surface area (Å²) in [4.78, 5) is 23.9. The largest absolute Gasteiger partial charge is 0.493 e. The van der Waals surface area contributed by atoms with Crippen molar-refractivity contribution in [3.8, 4) is 11.5 Å². The number of methoxy groups -OCH3 is 1. The molecule has 1 aliphatic carbocycles. The first kappa shape index (κ1) is 23.1. The normalized spacial score (nSPS) is 24.4. The Labute approximate surface area is 183 Å². The second kappa shape index (κ2) is 9.30. The SMILES string of the molecule is COc1cccc2c1O[C@H]1C(OCCO)=CC[C@@H](CC=O)[C@@]21CCOC(=O)C(C)(C)C. The molecule has 0 aromatic heterocycles. The predicted molar refractivity (Wildman–Crippen MR) is 114 cm³/mol. The summed E-state index contributed by atoms with van der Waals surface area (Å²) in [6.07, 6.45) is 3.79. The molecule has 0 spiro atoms. The number of fused-ring (bicyclic) bond motifs is 3. The Morgan fingerprint density at radius 3 is 2.74 bits per heavy atom. The van der Waals surface area contributed by atoms with Crippen LogP contribution >= 0.6 is 0 Å². The van der Waals surface area contributed by atoms with Gasteiger partial charge in [-0.15, -0.1) is 0 Å². The van der Waals surface area contributed by atoms with Crippen LogP contribution in [0.3, 0.4) is 0 Å². The van der Waals surface area contributed by atoms with Gasteiger partial charge in [0.1, 0.15) is 18.7 Å². The van der Waals surface area contributed by atoms with Crippen LogP contribution in [0.25, 0.3) is 0 Å². The lowest BCUT2D eigenvalue weighted by atomic mass is 9.61. The van der Waals surface area contributed by atoms with E-state index in [4.69, 9.17) is 18.9 Å². The predicted octanol–water partition coefficient (Wildman–Crippen LogP) is 3.18. The van der Waals surface area contributed by atoms with Crippen LogP contribution in [0.2, 0.25) is 0 Å². The Bertz CT molecular complexity index is 839. The zero-order valence-corrected chi connectivity index (χ0v) is 18.7. The maximum Gasteiger partial charge on any atom is 0.311 e. The lowest BCUT2D eigenvalue weighted by molar-refractivity contribution is -0.154. The first-order valence-corrected chi connectivity index (χ1v) is 10.7. The van der Waals surface area contributed by atoms with Gasteiger partial charge >= 0.3 is 5.97 Å². The van der Waals surface area contributed by atoms with Crippen LogP contribution in [0.15, 0.2) is 30.0 Å². The monoisotopic (exact) mass is 432 g/mol. The van der Waals surface area contributed by atoms with Crippen LogP contribution in [0.4, 0.5) is 0 Å². The maximum atomic E-state index is 12.4. The fourth-order valence-electron chi connectivity index (χ4n) is 4.57. The standard InChI is InChI=1S/C24H32O7/c1-23(2,3)22(27)30-14-11-24-16(10-12-25)8-9-19(29-15-13-26)21(24)31-20-17(24)6-5-7-18(20)28-4/h5-7,9,12,16,21,26H,8,10-11,13-15H2,1-4H3/t16-,21-,24-/m0/s1. The van der Waals surface area contributed by atoms with E-state index >= 15 is 0 Å². The Hall–Kier alpha value is -2.54. The number of rotatable bonds is 9. The topological polar surface area (TPSA) is 91.3 Å². The van der Waals surface area contributed by atoms with Crippen molar-refractivity contribution in [1.29, 1.82) is 0 Å². The highest BCUT2D eigenvalue weighted by molar-refractivity contribution is 5.75. The molecule has 0 amide bonds. The van der Waals surface area contributed by atoms with Crippen molar-refractivity contribution < 1.29 is 33.6 Å². The molecular weight excluding hydrogens is 400 g/mol. The first-order chi connectivity index (χ1) is 14.8. The average Bonchev–Trinajstić information content (AvgIpc) is 3.08. The molecule has 0 radical (unpaired) electrons. The van der Waals surface area contributed by atoms with E-state index in [-0.39, 0.29) is 31.7 Å². The summed E-state index contributed by atoms with van der Waals surface area (Å²) in [5.74, 6) is 1.51. The number of benzene rings is 1. The quantitative estimate of drug-likeness (QED) is 0.473. The number of carbonyl (C=O) groups is 2. The van der Waals surface area contributed by atoms with Gasteiger partial charge < -0.3 is 28.8 Å². The van der Waals surface area contributed by atoms with Gasteiger partial charge in [0.15, 0.2) is 17.6 Å². The molecule has 3 atom stereocenters. The van der Waals surface area contributed by atoms with Crippen LogP contribution in [0.1, 0.15) is 45.6 Å². The van der Waals surface area contributed by atoms with Crippen molar-refractivity contribution in [2.24, 2.45) is 11.3 Å². The molecule has 1 aliphatic heterocycles. The lowest BCUT2D eigenvalue weighted by Gasteiger charge is -2.43. The third-order valence-electron chi connectivity index (χ3n) is 6.10. The molecule has 1 aromatic carbocycles. The number of esters is 1. The molecule has 7 nitrogen and oxygen atoms in total. The van der Waals surface area contributed by atoms with E-state index in [1.165, 1.54) is 0 Å². The van der Waals surface area contributed by atoms with E-state index in [1.54, 1.807) is 7.11 Å². The minimum atomic E-state index is -0.623. The summed E-state index contributed by atoms with van der Waals surface area (Å²) in [6.45, 7) is 5.66. The van der Waals surface area contributed by atoms with Crippen LogP contribution in [-0.2, 0) is 24.5 Å². The summed E-state index contributed by atoms with van der Waals surface area (Å²) in [6, 6.07) is 5.71. The molecule has 1 N–H and O–H groups in total. The number of carbonyl (C=O) groups excluding carboxylic acids is 2. The Morgan fingerprint density at radius 2 is 2.10 bits per heavy atom. The molecule has 7 heteroatoms. The lowest BCUT2D eigenvalue weighted by Crippen LogP contribution is -2.49. The van der Waals surface area contributed by atoms with Gasteiger partial charge in [0.2, 0.25) is 0 Å².